The van der Waals surface area contributed by atoms with Gasteiger partial charge in [0.05, 0.1) is 40.1 Å². The number of benzene rings is 7. The standard InChI is InChI=1S/C49H33N7/c1-4-14-32(15-5-1)46-52-47(33-16-6-2-7-17-33)54-49(53-46)48-50-30-37(31-51-48)56-43-23-13-11-21-39(43)41-28-34(25-27-44(41)56)35-24-26-40-38-20-10-12-22-42(38)55(45(40)29-35)36-18-8-3-9-19-36/h1-31,46H,(H,52,53,54). The minimum Gasteiger partial charge on any atom is -0.341 e. The van der Waals surface area contributed by atoms with Crippen molar-refractivity contribution < 1.29 is 0 Å². The van der Waals surface area contributed by atoms with Gasteiger partial charge in [-0.3, -0.25) is 0 Å². The minimum atomic E-state index is -0.323. The van der Waals surface area contributed by atoms with Gasteiger partial charge in [0, 0.05) is 32.8 Å². The number of aliphatic imine (C=N–C) groups is 2. The summed E-state index contributed by atoms with van der Waals surface area (Å²) in [6, 6.07) is 61.6. The van der Waals surface area contributed by atoms with Crippen LogP contribution in [-0.2, 0) is 0 Å². The van der Waals surface area contributed by atoms with E-state index in [1.54, 1.807) is 0 Å². The molecule has 1 unspecified atom stereocenters. The lowest BCUT2D eigenvalue weighted by molar-refractivity contribution is 0.671. The van der Waals surface area contributed by atoms with Crippen LogP contribution < -0.4 is 5.32 Å². The Balaban J connectivity index is 0.994. The molecule has 11 rings (SSSR count). The largest absolute Gasteiger partial charge is 0.341 e. The molecule has 1 atom stereocenters. The van der Waals surface area contributed by atoms with Crippen molar-refractivity contribution in [3.05, 3.63) is 205 Å². The summed E-state index contributed by atoms with van der Waals surface area (Å²) in [4.78, 5) is 19.6. The predicted molar refractivity (Wildman–Crippen MR) is 228 cm³/mol. The second kappa shape index (κ2) is 13.0. The highest BCUT2D eigenvalue weighted by Crippen LogP contribution is 2.38. The number of para-hydroxylation sites is 3. The molecule has 0 radical (unpaired) electrons. The Bertz CT molecular complexity index is 3140. The fourth-order valence-electron chi connectivity index (χ4n) is 8.08. The molecule has 0 amide bonds. The minimum absolute atomic E-state index is 0.323. The highest BCUT2D eigenvalue weighted by Gasteiger charge is 2.23. The van der Waals surface area contributed by atoms with Gasteiger partial charge in [-0.15, -0.1) is 0 Å². The van der Waals surface area contributed by atoms with Crippen LogP contribution >= 0.6 is 0 Å². The van der Waals surface area contributed by atoms with E-state index < -0.39 is 0 Å². The van der Waals surface area contributed by atoms with E-state index in [-0.39, 0.29) is 6.17 Å². The maximum atomic E-state index is 4.95. The fourth-order valence-corrected chi connectivity index (χ4v) is 8.08. The number of hydrogen-bond acceptors (Lipinski definition) is 5. The van der Waals surface area contributed by atoms with Gasteiger partial charge in [0.15, 0.2) is 17.5 Å². The van der Waals surface area contributed by atoms with E-state index in [4.69, 9.17) is 20.0 Å². The van der Waals surface area contributed by atoms with Crippen molar-refractivity contribution >= 4 is 55.3 Å². The van der Waals surface area contributed by atoms with Crippen LogP contribution in [0.1, 0.15) is 23.1 Å². The van der Waals surface area contributed by atoms with Crippen LogP contribution in [0.3, 0.4) is 0 Å². The van der Waals surface area contributed by atoms with Crippen LogP contribution in [0.15, 0.2) is 198 Å². The van der Waals surface area contributed by atoms with E-state index in [0.29, 0.717) is 17.5 Å². The molecular weight excluding hydrogens is 687 g/mol. The third-order valence-electron chi connectivity index (χ3n) is 10.7. The van der Waals surface area contributed by atoms with Gasteiger partial charge in [0.1, 0.15) is 6.17 Å². The van der Waals surface area contributed by atoms with Crippen molar-refractivity contribution in [1.29, 1.82) is 0 Å². The van der Waals surface area contributed by atoms with Crippen LogP contribution in [0.4, 0.5) is 0 Å². The summed E-state index contributed by atoms with van der Waals surface area (Å²) in [6.45, 7) is 0. The van der Waals surface area contributed by atoms with Crippen molar-refractivity contribution in [2.75, 3.05) is 0 Å². The van der Waals surface area contributed by atoms with Gasteiger partial charge < -0.3 is 14.5 Å². The smallest absolute Gasteiger partial charge is 0.195 e. The lowest BCUT2D eigenvalue weighted by Crippen LogP contribution is -2.34. The topological polar surface area (TPSA) is 72.4 Å². The molecule has 1 N–H and O–H groups in total. The zero-order chi connectivity index (χ0) is 37.0. The molecule has 56 heavy (non-hydrogen) atoms. The van der Waals surface area contributed by atoms with Crippen LogP contribution in [0.2, 0.25) is 0 Å². The summed E-state index contributed by atoms with van der Waals surface area (Å²) < 4.78 is 4.61. The molecule has 0 saturated heterocycles. The Labute approximate surface area is 322 Å². The number of nitrogens with zero attached hydrogens (tertiary/aromatic N) is 6. The van der Waals surface area contributed by atoms with Gasteiger partial charge >= 0.3 is 0 Å². The Morgan fingerprint density at radius 2 is 0.982 bits per heavy atom. The van der Waals surface area contributed by atoms with E-state index in [0.717, 1.165) is 44.7 Å². The Kier molecular flexibility index (Phi) is 7.41. The number of aromatic nitrogens is 4. The molecule has 7 nitrogen and oxygen atoms in total. The van der Waals surface area contributed by atoms with Crippen molar-refractivity contribution in [2.45, 2.75) is 6.17 Å². The summed E-state index contributed by atoms with van der Waals surface area (Å²) in [5.74, 6) is 1.72. The van der Waals surface area contributed by atoms with Gasteiger partial charge in [0.2, 0.25) is 0 Å². The van der Waals surface area contributed by atoms with Crippen LogP contribution in [0, 0.1) is 0 Å². The number of amidine groups is 2. The van der Waals surface area contributed by atoms with Gasteiger partial charge in [-0.1, -0.05) is 133 Å². The maximum Gasteiger partial charge on any atom is 0.195 e. The molecule has 0 spiro atoms. The monoisotopic (exact) mass is 719 g/mol. The summed E-state index contributed by atoms with van der Waals surface area (Å²) >= 11 is 0. The molecule has 3 aromatic heterocycles. The fraction of sp³-hybridized carbons (Fsp3) is 0.0204. The summed E-state index contributed by atoms with van der Waals surface area (Å²) in [6.07, 6.45) is 3.44. The first-order chi connectivity index (χ1) is 27.8. The van der Waals surface area contributed by atoms with Crippen LogP contribution in [-0.4, -0.2) is 30.8 Å². The van der Waals surface area contributed by atoms with E-state index in [2.05, 4.69) is 142 Å². The van der Waals surface area contributed by atoms with Crippen molar-refractivity contribution in [3.8, 4) is 22.5 Å². The van der Waals surface area contributed by atoms with Gasteiger partial charge in [0.25, 0.3) is 0 Å². The summed E-state index contributed by atoms with van der Waals surface area (Å²) in [5.41, 5.74) is 10.9. The van der Waals surface area contributed by atoms with Crippen LogP contribution in [0.5, 0.6) is 0 Å². The van der Waals surface area contributed by atoms with E-state index in [9.17, 15) is 0 Å². The molecule has 0 bridgehead atoms. The highest BCUT2D eigenvalue weighted by molar-refractivity contribution is 6.13. The molecule has 0 saturated carbocycles. The number of rotatable bonds is 6. The zero-order valence-corrected chi connectivity index (χ0v) is 30.2. The van der Waals surface area contributed by atoms with E-state index >= 15 is 0 Å². The second-order valence-electron chi connectivity index (χ2n) is 14.0. The van der Waals surface area contributed by atoms with Gasteiger partial charge in [-0.2, -0.15) is 0 Å². The lowest BCUT2D eigenvalue weighted by Gasteiger charge is -2.22. The van der Waals surface area contributed by atoms with Crippen molar-refractivity contribution in [3.63, 3.8) is 0 Å². The normalized spacial score (nSPS) is 14.2. The zero-order valence-electron chi connectivity index (χ0n) is 30.2. The van der Waals surface area contributed by atoms with Crippen molar-refractivity contribution in [1.82, 2.24) is 24.4 Å². The first-order valence-electron chi connectivity index (χ1n) is 18.8. The number of hydrogen-bond donors (Lipinski definition) is 1. The first-order valence-corrected chi connectivity index (χ1v) is 18.8. The molecule has 4 heterocycles. The summed E-state index contributed by atoms with van der Waals surface area (Å²) in [5, 5.41) is 8.30. The predicted octanol–water partition coefficient (Wildman–Crippen LogP) is 10.8. The third-order valence-corrected chi connectivity index (χ3v) is 10.7. The molecule has 0 fully saturated rings. The van der Waals surface area contributed by atoms with Gasteiger partial charge in [-0.05, 0) is 59.2 Å². The number of fused-ring (bicyclic) bond motifs is 6. The second-order valence-corrected chi connectivity index (χ2v) is 14.0. The van der Waals surface area contributed by atoms with Gasteiger partial charge in [-0.25, -0.2) is 20.0 Å². The molecule has 7 aromatic carbocycles. The third kappa shape index (κ3) is 5.28. The van der Waals surface area contributed by atoms with E-state index in [1.807, 2.05) is 60.9 Å². The molecule has 264 valence electrons. The lowest BCUT2D eigenvalue weighted by atomic mass is 10.0. The van der Waals surface area contributed by atoms with Crippen LogP contribution in [0.25, 0.3) is 66.1 Å². The highest BCUT2D eigenvalue weighted by atomic mass is 15.2. The Morgan fingerprint density at radius 1 is 0.429 bits per heavy atom. The van der Waals surface area contributed by atoms with Crippen molar-refractivity contribution in [2.24, 2.45) is 9.98 Å². The Morgan fingerprint density at radius 3 is 1.71 bits per heavy atom. The molecule has 1 aliphatic heterocycles. The quantitative estimate of drug-likeness (QED) is 0.186. The molecule has 10 aromatic rings. The molecule has 7 heteroatoms. The van der Waals surface area contributed by atoms with E-state index in [1.165, 1.54) is 32.6 Å². The molecular formula is C49H33N7. The first kappa shape index (κ1) is 31.8. The average Bonchev–Trinajstić information content (AvgIpc) is 3.79. The SMILES string of the molecule is c1ccc(C2=NC(c3ccccc3)NC(c3ncc(-n4c5ccccc5c5cc(-c6ccc7c8ccccc8n(-c8ccccc8)c7c6)ccc54)cn3)=N2)cc1. The average molecular weight is 720 g/mol. The molecule has 0 aliphatic carbocycles. The number of nitrogens with one attached hydrogen (secondary N) is 1. The summed E-state index contributed by atoms with van der Waals surface area (Å²) in [7, 11) is 0. The maximum absolute atomic E-state index is 4.95. The Hall–Kier alpha value is -7.64. The molecule has 1 aliphatic rings.